The molecule has 2 aromatic heterocycles. The fourth-order valence-electron chi connectivity index (χ4n) is 3.44. The number of rotatable bonds is 7. The molecule has 0 unspecified atom stereocenters. The number of nitrogens with zero attached hydrogens (tertiary/aromatic N) is 4. The van der Waals surface area contributed by atoms with E-state index in [9.17, 15) is 0 Å². The van der Waals surface area contributed by atoms with Gasteiger partial charge in [-0.15, -0.1) is 0 Å². The Morgan fingerprint density at radius 1 is 1.28 bits per heavy atom. The summed E-state index contributed by atoms with van der Waals surface area (Å²) < 4.78 is 12.7. The SMILES string of the molecule is COc1ccnc(CN2CCC[C@H](c3ccn(CCO)n3)C2)c1OC. The van der Waals surface area contributed by atoms with Gasteiger partial charge in [0.25, 0.3) is 0 Å². The number of aliphatic hydroxyl groups excluding tert-OH is 1. The largest absolute Gasteiger partial charge is 0.493 e. The van der Waals surface area contributed by atoms with Crippen LogP contribution in [-0.2, 0) is 13.1 Å². The Balaban J connectivity index is 1.69. The van der Waals surface area contributed by atoms with Crippen LogP contribution in [0.3, 0.4) is 0 Å². The van der Waals surface area contributed by atoms with E-state index in [4.69, 9.17) is 14.6 Å². The standard InChI is InChI=1S/C18H26N4O3/c1-24-17-5-7-19-16(18(17)25-2)13-21-8-3-4-14(12-21)15-6-9-22(20-15)10-11-23/h5-7,9,14,23H,3-4,8,10-13H2,1-2H3/t14-/m0/s1. The van der Waals surface area contributed by atoms with Gasteiger partial charge >= 0.3 is 0 Å². The number of hydrogen-bond donors (Lipinski definition) is 1. The Labute approximate surface area is 148 Å². The molecule has 0 saturated carbocycles. The first-order valence-electron chi connectivity index (χ1n) is 8.67. The van der Waals surface area contributed by atoms with E-state index < -0.39 is 0 Å². The van der Waals surface area contributed by atoms with Crippen molar-refractivity contribution in [1.82, 2.24) is 19.7 Å². The smallest absolute Gasteiger partial charge is 0.183 e. The van der Waals surface area contributed by atoms with Gasteiger partial charge in [-0.25, -0.2) is 0 Å². The summed E-state index contributed by atoms with van der Waals surface area (Å²) >= 11 is 0. The predicted octanol–water partition coefficient (Wildman–Crippen LogP) is 1.67. The first-order valence-corrected chi connectivity index (χ1v) is 8.67. The topological polar surface area (TPSA) is 72.6 Å². The van der Waals surface area contributed by atoms with E-state index in [1.807, 2.05) is 12.3 Å². The minimum Gasteiger partial charge on any atom is -0.493 e. The Morgan fingerprint density at radius 2 is 2.16 bits per heavy atom. The highest BCUT2D eigenvalue weighted by molar-refractivity contribution is 5.42. The van der Waals surface area contributed by atoms with Crippen molar-refractivity contribution in [2.75, 3.05) is 33.9 Å². The Hall–Kier alpha value is -2.12. The first kappa shape index (κ1) is 17.7. The molecular formula is C18H26N4O3. The fourth-order valence-corrected chi connectivity index (χ4v) is 3.44. The van der Waals surface area contributed by atoms with Crippen molar-refractivity contribution in [3.05, 3.63) is 35.9 Å². The van der Waals surface area contributed by atoms with Crippen LogP contribution in [-0.4, -0.2) is 58.7 Å². The van der Waals surface area contributed by atoms with Gasteiger partial charge in [0.15, 0.2) is 11.5 Å². The highest BCUT2D eigenvalue weighted by Crippen LogP contribution is 2.32. The lowest BCUT2D eigenvalue weighted by Gasteiger charge is -2.32. The van der Waals surface area contributed by atoms with Crippen LogP contribution in [0.15, 0.2) is 24.5 Å². The zero-order valence-electron chi connectivity index (χ0n) is 14.9. The average molecular weight is 346 g/mol. The molecule has 2 aromatic rings. The minimum atomic E-state index is 0.110. The van der Waals surface area contributed by atoms with E-state index in [1.165, 1.54) is 0 Å². The van der Waals surface area contributed by atoms with Crippen molar-refractivity contribution >= 4 is 0 Å². The van der Waals surface area contributed by atoms with Gasteiger partial charge < -0.3 is 14.6 Å². The van der Waals surface area contributed by atoms with Gasteiger partial charge in [-0.3, -0.25) is 14.6 Å². The molecule has 0 bridgehead atoms. The van der Waals surface area contributed by atoms with Crippen molar-refractivity contribution in [1.29, 1.82) is 0 Å². The van der Waals surface area contributed by atoms with Crippen LogP contribution in [0.25, 0.3) is 0 Å². The summed E-state index contributed by atoms with van der Waals surface area (Å²) in [6, 6.07) is 3.88. The molecule has 0 spiro atoms. The Morgan fingerprint density at radius 3 is 2.92 bits per heavy atom. The lowest BCUT2D eigenvalue weighted by Crippen LogP contribution is -2.34. The van der Waals surface area contributed by atoms with Crippen LogP contribution in [0.2, 0.25) is 0 Å². The molecule has 1 atom stereocenters. The molecule has 1 saturated heterocycles. The minimum absolute atomic E-state index is 0.110. The molecule has 0 aliphatic carbocycles. The van der Waals surface area contributed by atoms with Crippen LogP contribution >= 0.6 is 0 Å². The van der Waals surface area contributed by atoms with Crippen molar-refractivity contribution in [3.8, 4) is 11.5 Å². The molecule has 7 nitrogen and oxygen atoms in total. The molecule has 0 aromatic carbocycles. The molecule has 1 aliphatic rings. The molecule has 0 radical (unpaired) electrons. The van der Waals surface area contributed by atoms with Gasteiger partial charge in [0.2, 0.25) is 0 Å². The molecular weight excluding hydrogens is 320 g/mol. The Kier molecular flexibility index (Phi) is 5.88. The molecule has 3 rings (SSSR count). The van der Waals surface area contributed by atoms with Gasteiger partial charge in [-0.2, -0.15) is 5.10 Å². The number of likely N-dealkylation sites (tertiary alicyclic amines) is 1. The summed E-state index contributed by atoms with van der Waals surface area (Å²) in [5, 5.41) is 13.6. The van der Waals surface area contributed by atoms with Gasteiger partial charge in [0, 0.05) is 37.5 Å². The quantitative estimate of drug-likeness (QED) is 0.822. The molecule has 7 heteroatoms. The third kappa shape index (κ3) is 4.11. The van der Waals surface area contributed by atoms with Crippen LogP contribution < -0.4 is 9.47 Å². The summed E-state index contributed by atoms with van der Waals surface area (Å²) in [7, 11) is 3.29. The number of pyridine rings is 1. The van der Waals surface area contributed by atoms with Gasteiger partial charge in [0.1, 0.15) is 5.69 Å². The number of ether oxygens (including phenoxy) is 2. The van der Waals surface area contributed by atoms with E-state index in [2.05, 4.69) is 21.0 Å². The number of piperidine rings is 1. The fraction of sp³-hybridized carbons (Fsp3) is 0.556. The zero-order chi connectivity index (χ0) is 17.6. The van der Waals surface area contributed by atoms with Crippen molar-refractivity contribution in [3.63, 3.8) is 0 Å². The second-order valence-electron chi connectivity index (χ2n) is 6.29. The summed E-state index contributed by atoms with van der Waals surface area (Å²) in [4.78, 5) is 6.88. The maximum Gasteiger partial charge on any atom is 0.183 e. The maximum absolute atomic E-state index is 9.04. The zero-order valence-corrected chi connectivity index (χ0v) is 14.9. The lowest BCUT2D eigenvalue weighted by atomic mass is 9.95. The van der Waals surface area contributed by atoms with Gasteiger partial charge in [-0.05, 0) is 25.5 Å². The van der Waals surface area contributed by atoms with Gasteiger partial charge in [0.05, 0.1) is 33.1 Å². The highest BCUT2D eigenvalue weighted by Gasteiger charge is 2.24. The van der Waals surface area contributed by atoms with E-state index in [0.29, 0.717) is 24.0 Å². The molecule has 1 fully saturated rings. The number of aliphatic hydroxyl groups is 1. The summed E-state index contributed by atoms with van der Waals surface area (Å²) in [6.45, 7) is 3.36. The summed E-state index contributed by atoms with van der Waals surface area (Å²) in [5.41, 5.74) is 2.00. The average Bonchev–Trinajstić information content (AvgIpc) is 3.11. The summed E-state index contributed by atoms with van der Waals surface area (Å²) in [5.74, 6) is 1.83. The normalized spacial score (nSPS) is 18.3. The third-order valence-electron chi connectivity index (χ3n) is 4.65. The Bertz CT molecular complexity index is 689. The van der Waals surface area contributed by atoms with Crippen LogP contribution in [0, 0.1) is 0 Å². The maximum atomic E-state index is 9.04. The van der Waals surface area contributed by atoms with Crippen molar-refractivity contribution in [2.24, 2.45) is 0 Å². The summed E-state index contributed by atoms with van der Waals surface area (Å²) in [6.07, 6.45) is 5.96. The monoisotopic (exact) mass is 346 g/mol. The van der Waals surface area contributed by atoms with Crippen LogP contribution in [0.5, 0.6) is 11.5 Å². The second-order valence-corrected chi connectivity index (χ2v) is 6.29. The molecule has 25 heavy (non-hydrogen) atoms. The molecule has 0 amide bonds. The van der Waals surface area contributed by atoms with E-state index in [0.717, 1.165) is 43.9 Å². The molecule has 136 valence electrons. The van der Waals surface area contributed by atoms with Gasteiger partial charge in [-0.1, -0.05) is 0 Å². The number of methoxy groups -OCH3 is 2. The van der Waals surface area contributed by atoms with E-state index in [1.54, 1.807) is 25.1 Å². The third-order valence-corrected chi connectivity index (χ3v) is 4.65. The van der Waals surface area contributed by atoms with Crippen LogP contribution in [0.4, 0.5) is 0 Å². The number of aromatic nitrogens is 3. The van der Waals surface area contributed by atoms with Crippen molar-refractivity contribution in [2.45, 2.75) is 31.8 Å². The predicted molar refractivity (Wildman–Crippen MR) is 93.9 cm³/mol. The van der Waals surface area contributed by atoms with E-state index >= 15 is 0 Å². The van der Waals surface area contributed by atoms with E-state index in [-0.39, 0.29) is 6.61 Å². The molecule has 1 aliphatic heterocycles. The van der Waals surface area contributed by atoms with Crippen molar-refractivity contribution < 1.29 is 14.6 Å². The first-order chi connectivity index (χ1) is 12.2. The van der Waals surface area contributed by atoms with Crippen LogP contribution in [0.1, 0.15) is 30.1 Å². The number of hydrogen-bond acceptors (Lipinski definition) is 6. The molecule has 3 heterocycles. The second kappa shape index (κ2) is 8.31. The lowest BCUT2D eigenvalue weighted by molar-refractivity contribution is 0.192. The molecule has 1 N–H and O–H groups in total. The highest BCUT2D eigenvalue weighted by atomic mass is 16.5.